The van der Waals surface area contributed by atoms with Crippen LogP contribution in [0.25, 0.3) is 11.1 Å². The second-order valence-corrected chi connectivity index (χ2v) is 10.9. The maximum atomic E-state index is 13.2. The first-order valence-electron chi connectivity index (χ1n) is 13.3. The lowest BCUT2D eigenvalue weighted by Crippen LogP contribution is -3.00. The topological polar surface area (TPSA) is 64.9 Å². The Labute approximate surface area is 259 Å². The lowest BCUT2D eigenvalue weighted by atomic mass is 9.94. The molecule has 41 heavy (non-hydrogen) atoms. The van der Waals surface area contributed by atoms with Gasteiger partial charge in [-0.2, -0.15) is 0 Å². The number of hydrogen-bond donors (Lipinski definition) is 0. The Morgan fingerprint density at radius 3 is 2.22 bits per heavy atom. The van der Waals surface area contributed by atoms with Gasteiger partial charge in [-0.25, -0.2) is 4.57 Å². The third-order valence-electron chi connectivity index (χ3n) is 6.69. The zero-order valence-corrected chi connectivity index (χ0v) is 25.8. The van der Waals surface area contributed by atoms with E-state index in [0.717, 1.165) is 29.8 Å². The SMILES string of the molecule is CC(C)Oc1cccc(CC(=O)N(C)CC(CC[n+]2ccc(-c3ccccc3)cc2)c2ccc(Cl)c(Cl)c2)c1.O.[Cl-]. The zero-order valence-electron chi connectivity index (χ0n) is 23.6. The van der Waals surface area contributed by atoms with Gasteiger partial charge in [-0.3, -0.25) is 4.79 Å². The number of amides is 1. The molecule has 0 saturated carbocycles. The summed E-state index contributed by atoms with van der Waals surface area (Å²) in [5, 5.41) is 1.05. The highest BCUT2D eigenvalue weighted by atomic mass is 35.5. The third kappa shape index (κ3) is 10.0. The Balaban J connectivity index is 0.00000294. The number of pyridine rings is 1. The van der Waals surface area contributed by atoms with E-state index in [9.17, 15) is 4.79 Å². The fourth-order valence-electron chi connectivity index (χ4n) is 4.61. The van der Waals surface area contributed by atoms with Crippen molar-refractivity contribution in [2.75, 3.05) is 13.6 Å². The molecule has 1 aromatic heterocycles. The van der Waals surface area contributed by atoms with E-state index in [1.807, 2.05) is 86.5 Å². The summed E-state index contributed by atoms with van der Waals surface area (Å²) in [5.74, 6) is 0.925. The Bertz CT molecular complexity index is 1380. The highest BCUT2D eigenvalue weighted by Gasteiger charge is 2.21. The minimum atomic E-state index is 0. The highest BCUT2D eigenvalue weighted by Crippen LogP contribution is 2.29. The first kappa shape index (κ1) is 34.1. The van der Waals surface area contributed by atoms with Crippen LogP contribution in [0.5, 0.6) is 5.75 Å². The summed E-state index contributed by atoms with van der Waals surface area (Å²) >= 11 is 12.6. The summed E-state index contributed by atoms with van der Waals surface area (Å²) in [5.41, 5.74) is 4.38. The Kier molecular flexibility index (Phi) is 13.6. The van der Waals surface area contributed by atoms with E-state index in [1.165, 1.54) is 11.1 Å². The number of likely N-dealkylation sites (N-methyl/N-ethyl adjacent to an activating group) is 1. The second kappa shape index (κ2) is 16.4. The average Bonchev–Trinajstić information content (AvgIpc) is 2.93. The summed E-state index contributed by atoms with van der Waals surface area (Å²) in [6, 6.07) is 28.1. The molecule has 1 heterocycles. The third-order valence-corrected chi connectivity index (χ3v) is 7.43. The maximum absolute atomic E-state index is 13.2. The van der Waals surface area contributed by atoms with Gasteiger partial charge in [0, 0.05) is 38.1 Å². The van der Waals surface area contributed by atoms with Crippen LogP contribution in [-0.4, -0.2) is 36.0 Å². The molecule has 5 nitrogen and oxygen atoms in total. The predicted octanol–water partition coefficient (Wildman–Crippen LogP) is 3.79. The molecular formula is C33H37Cl3N2O3. The van der Waals surface area contributed by atoms with Gasteiger partial charge in [-0.15, -0.1) is 0 Å². The molecule has 2 N–H and O–H groups in total. The van der Waals surface area contributed by atoms with Gasteiger partial charge in [0.1, 0.15) is 12.3 Å². The van der Waals surface area contributed by atoms with Crippen LogP contribution >= 0.6 is 23.2 Å². The Morgan fingerprint density at radius 2 is 1.56 bits per heavy atom. The van der Waals surface area contributed by atoms with Gasteiger partial charge in [0.05, 0.1) is 22.6 Å². The van der Waals surface area contributed by atoms with Crippen LogP contribution < -0.4 is 21.7 Å². The standard InChI is InChI=1S/C33H35Cl2N2O2.ClH.H2O/c1-24(2)39-30-11-7-8-25(20-30)21-33(38)36(3)23-29(28-12-13-31(34)32(35)22-28)16-19-37-17-14-27(15-18-37)26-9-5-4-6-10-26;;/h4-15,17-18,20,22,24,29H,16,19,21,23H2,1-3H3;1H;1H2/q+1;;/p-1. The van der Waals surface area contributed by atoms with Crippen LogP contribution in [0, 0.1) is 0 Å². The Hall–Kier alpha value is -3.09. The van der Waals surface area contributed by atoms with Crippen LogP contribution in [-0.2, 0) is 17.8 Å². The first-order valence-corrected chi connectivity index (χ1v) is 14.0. The van der Waals surface area contributed by atoms with Gasteiger partial charge in [0.25, 0.3) is 0 Å². The van der Waals surface area contributed by atoms with E-state index in [-0.39, 0.29) is 35.8 Å². The van der Waals surface area contributed by atoms with Crippen LogP contribution in [0.3, 0.4) is 0 Å². The van der Waals surface area contributed by atoms with Gasteiger partial charge >= 0.3 is 0 Å². The van der Waals surface area contributed by atoms with Crippen molar-refractivity contribution in [1.29, 1.82) is 0 Å². The monoisotopic (exact) mass is 614 g/mol. The van der Waals surface area contributed by atoms with Crippen LogP contribution in [0.4, 0.5) is 0 Å². The average molecular weight is 616 g/mol. The summed E-state index contributed by atoms with van der Waals surface area (Å²) in [6.45, 7) is 5.35. The number of halogens is 3. The molecule has 218 valence electrons. The quantitative estimate of drug-likeness (QED) is 0.241. The number of nitrogens with zero attached hydrogens (tertiary/aromatic N) is 2. The van der Waals surface area contributed by atoms with Crippen molar-refractivity contribution in [2.24, 2.45) is 0 Å². The van der Waals surface area contributed by atoms with Gasteiger partial charge in [0.2, 0.25) is 5.91 Å². The predicted molar refractivity (Wildman–Crippen MR) is 163 cm³/mol. The summed E-state index contributed by atoms with van der Waals surface area (Å²) < 4.78 is 7.98. The molecule has 1 atom stereocenters. The van der Waals surface area contributed by atoms with Crippen molar-refractivity contribution in [3.63, 3.8) is 0 Å². The first-order chi connectivity index (χ1) is 18.8. The molecule has 0 aliphatic carbocycles. The molecule has 1 unspecified atom stereocenters. The van der Waals surface area contributed by atoms with E-state index in [0.29, 0.717) is 23.0 Å². The highest BCUT2D eigenvalue weighted by molar-refractivity contribution is 6.42. The number of carbonyl (C=O) groups is 1. The van der Waals surface area contributed by atoms with Crippen LogP contribution in [0.1, 0.15) is 37.3 Å². The number of aryl methyl sites for hydroxylation is 1. The van der Waals surface area contributed by atoms with Gasteiger partial charge in [-0.1, -0.05) is 71.7 Å². The van der Waals surface area contributed by atoms with Gasteiger partial charge < -0.3 is 27.5 Å². The molecule has 0 aliphatic heterocycles. The fraction of sp³-hybridized carbons (Fsp3) is 0.273. The summed E-state index contributed by atoms with van der Waals surface area (Å²) in [4.78, 5) is 15.0. The van der Waals surface area contributed by atoms with Crippen molar-refractivity contribution < 1.29 is 32.0 Å². The minimum Gasteiger partial charge on any atom is -1.00 e. The number of ether oxygens (including phenoxy) is 1. The minimum absolute atomic E-state index is 0. The molecule has 0 saturated heterocycles. The second-order valence-electron chi connectivity index (χ2n) is 10.1. The summed E-state index contributed by atoms with van der Waals surface area (Å²) in [7, 11) is 1.86. The fourth-order valence-corrected chi connectivity index (χ4v) is 4.91. The smallest absolute Gasteiger partial charge is 0.226 e. The number of benzene rings is 3. The molecule has 0 aliphatic rings. The largest absolute Gasteiger partial charge is 1.00 e. The maximum Gasteiger partial charge on any atom is 0.226 e. The molecule has 0 spiro atoms. The molecule has 4 rings (SSSR count). The number of rotatable bonds is 11. The van der Waals surface area contributed by atoms with Crippen LogP contribution in [0.2, 0.25) is 10.0 Å². The lowest BCUT2D eigenvalue weighted by Gasteiger charge is -2.24. The van der Waals surface area contributed by atoms with E-state index in [1.54, 1.807) is 0 Å². The van der Waals surface area contributed by atoms with Crippen molar-refractivity contribution in [1.82, 2.24) is 4.90 Å². The van der Waals surface area contributed by atoms with Gasteiger partial charge in [-0.05, 0) is 60.4 Å². The van der Waals surface area contributed by atoms with E-state index < -0.39 is 0 Å². The Morgan fingerprint density at radius 1 is 0.878 bits per heavy atom. The van der Waals surface area contributed by atoms with Crippen molar-refractivity contribution in [3.05, 3.63) is 118 Å². The molecule has 3 aromatic carbocycles. The number of aromatic nitrogens is 1. The van der Waals surface area contributed by atoms with E-state index in [2.05, 4.69) is 41.2 Å². The zero-order chi connectivity index (χ0) is 27.8. The lowest BCUT2D eigenvalue weighted by molar-refractivity contribution is -0.697. The molecule has 4 aromatic rings. The van der Waals surface area contributed by atoms with E-state index in [4.69, 9.17) is 27.9 Å². The van der Waals surface area contributed by atoms with Crippen molar-refractivity contribution in [2.45, 2.75) is 45.3 Å². The molecule has 8 heteroatoms. The molecule has 0 radical (unpaired) electrons. The number of hydrogen-bond acceptors (Lipinski definition) is 2. The normalized spacial score (nSPS) is 11.3. The van der Waals surface area contributed by atoms with Crippen LogP contribution in [0.15, 0.2) is 97.3 Å². The van der Waals surface area contributed by atoms with Gasteiger partial charge in [0.15, 0.2) is 12.4 Å². The number of carbonyl (C=O) groups excluding carboxylic acids is 1. The molecular weight excluding hydrogens is 579 g/mol. The molecule has 0 bridgehead atoms. The molecule has 0 fully saturated rings. The summed E-state index contributed by atoms with van der Waals surface area (Å²) in [6.07, 6.45) is 5.45. The molecule has 1 amide bonds. The van der Waals surface area contributed by atoms with E-state index >= 15 is 0 Å². The van der Waals surface area contributed by atoms with Crippen molar-refractivity contribution >= 4 is 29.1 Å². The van der Waals surface area contributed by atoms with Crippen molar-refractivity contribution in [3.8, 4) is 16.9 Å².